The molecule has 4 rings (SSSR count). The summed E-state index contributed by atoms with van der Waals surface area (Å²) in [4.78, 5) is 17.3. The van der Waals surface area contributed by atoms with Gasteiger partial charge in [0.15, 0.2) is 11.7 Å². The van der Waals surface area contributed by atoms with E-state index in [0.29, 0.717) is 24.6 Å². The van der Waals surface area contributed by atoms with Gasteiger partial charge in [-0.05, 0) is 37.8 Å². The maximum absolute atomic E-state index is 5.32. The van der Waals surface area contributed by atoms with E-state index in [-0.39, 0.29) is 0 Å². The van der Waals surface area contributed by atoms with Gasteiger partial charge >= 0.3 is 0 Å². The summed E-state index contributed by atoms with van der Waals surface area (Å²) in [6.45, 7) is 1.47. The van der Waals surface area contributed by atoms with Crippen molar-refractivity contribution in [3.63, 3.8) is 0 Å². The summed E-state index contributed by atoms with van der Waals surface area (Å²) in [6.07, 6.45) is 7.19. The van der Waals surface area contributed by atoms with Crippen molar-refractivity contribution in [1.82, 2.24) is 30.4 Å². The maximum Gasteiger partial charge on any atom is 0.216 e. The first-order chi connectivity index (χ1) is 13.7. The molecule has 28 heavy (non-hydrogen) atoms. The van der Waals surface area contributed by atoms with Crippen molar-refractivity contribution in [2.24, 2.45) is 4.99 Å². The lowest BCUT2D eigenvalue weighted by molar-refractivity contribution is 0.474. The lowest BCUT2D eigenvalue weighted by Crippen LogP contribution is -2.39. The number of hydrogen-bond acceptors (Lipinski definition) is 6. The van der Waals surface area contributed by atoms with Crippen LogP contribution in [-0.2, 0) is 25.8 Å². The van der Waals surface area contributed by atoms with Crippen LogP contribution in [0.3, 0.4) is 0 Å². The number of furan rings is 1. The minimum absolute atomic E-state index is 0.578. The fourth-order valence-corrected chi connectivity index (χ4v) is 4.56. The van der Waals surface area contributed by atoms with Gasteiger partial charge in [0.2, 0.25) is 5.82 Å². The SMILES string of the molecule is CN=C(NCCc1nc(-c2ccco2)n[nH]1)N(C)Cc1nc2c(s1)CCCC2. The molecule has 8 nitrogen and oxygen atoms in total. The molecule has 0 amide bonds. The van der Waals surface area contributed by atoms with Gasteiger partial charge in [-0.2, -0.15) is 5.10 Å². The Balaban J connectivity index is 1.29. The molecule has 3 heterocycles. The number of nitrogens with zero attached hydrogens (tertiary/aromatic N) is 5. The van der Waals surface area contributed by atoms with Crippen LogP contribution in [-0.4, -0.2) is 51.7 Å². The van der Waals surface area contributed by atoms with Crippen molar-refractivity contribution in [2.45, 2.75) is 38.6 Å². The summed E-state index contributed by atoms with van der Waals surface area (Å²) < 4.78 is 5.32. The van der Waals surface area contributed by atoms with E-state index in [1.807, 2.05) is 30.5 Å². The molecule has 0 aliphatic heterocycles. The summed E-state index contributed by atoms with van der Waals surface area (Å²) in [5.74, 6) is 2.90. The molecule has 3 aromatic rings. The van der Waals surface area contributed by atoms with Crippen LogP contribution < -0.4 is 5.32 Å². The number of aromatic nitrogens is 4. The zero-order chi connectivity index (χ0) is 19.3. The van der Waals surface area contributed by atoms with Crippen molar-refractivity contribution in [1.29, 1.82) is 0 Å². The Morgan fingerprint density at radius 1 is 1.36 bits per heavy atom. The van der Waals surface area contributed by atoms with Gasteiger partial charge in [-0.25, -0.2) is 9.97 Å². The first-order valence-electron chi connectivity index (χ1n) is 9.57. The molecular formula is C19H25N7OS. The molecular weight excluding hydrogens is 374 g/mol. The van der Waals surface area contributed by atoms with Gasteiger partial charge in [0.05, 0.1) is 18.5 Å². The molecule has 0 aromatic carbocycles. The monoisotopic (exact) mass is 399 g/mol. The number of aromatic amines is 1. The summed E-state index contributed by atoms with van der Waals surface area (Å²) in [6, 6.07) is 3.67. The van der Waals surface area contributed by atoms with Crippen LogP contribution in [0.1, 0.15) is 34.2 Å². The third-order valence-electron chi connectivity index (χ3n) is 4.75. The highest BCUT2D eigenvalue weighted by Gasteiger charge is 2.17. The van der Waals surface area contributed by atoms with E-state index in [1.54, 1.807) is 13.3 Å². The normalized spacial score (nSPS) is 14.1. The first-order valence-corrected chi connectivity index (χ1v) is 10.4. The van der Waals surface area contributed by atoms with Crippen LogP contribution in [0.5, 0.6) is 0 Å². The van der Waals surface area contributed by atoms with Gasteiger partial charge in [0.25, 0.3) is 0 Å². The second kappa shape index (κ2) is 8.55. The zero-order valence-corrected chi connectivity index (χ0v) is 17.1. The molecule has 0 saturated carbocycles. The predicted molar refractivity (Wildman–Crippen MR) is 109 cm³/mol. The van der Waals surface area contributed by atoms with Crippen LogP contribution in [0.25, 0.3) is 11.6 Å². The number of H-pyrrole nitrogens is 1. The van der Waals surface area contributed by atoms with E-state index in [2.05, 4.69) is 30.4 Å². The fourth-order valence-electron chi connectivity index (χ4n) is 3.35. The highest BCUT2D eigenvalue weighted by Crippen LogP contribution is 2.27. The van der Waals surface area contributed by atoms with E-state index in [1.165, 1.54) is 29.8 Å². The Morgan fingerprint density at radius 2 is 2.25 bits per heavy atom. The molecule has 9 heteroatoms. The third-order valence-corrected chi connectivity index (χ3v) is 5.90. The van der Waals surface area contributed by atoms with Crippen LogP contribution in [0.2, 0.25) is 0 Å². The Morgan fingerprint density at radius 3 is 3.04 bits per heavy atom. The average molecular weight is 400 g/mol. The number of fused-ring (bicyclic) bond motifs is 1. The Labute approximate surface area is 168 Å². The summed E-state index contributed by atoms with van der Waals surface area (Å²) in [5.41, 5.74) is 1.31. The van der Waals surface area contributed by atoms with Crippen LogP contribution in [0, 0.1) is 0 Å². The summed E-state index contributed by atoms with van der Waals surface area (Å²) in [5, 5.41) is 11.7. The zero-order valence-electron chi connectivity index (χ0n) is 16.2. The first kappa shape index (κ1) is 18.7. The van der Waals surface area contributed by atoms with Gasteiger partial charge in [-0.1, -0.05) is 0 Å². The standard InChI is InChI=1S/C19H25N7OS/c1-20-19(26(2)12-17-22-13-6-3-4-8-15(13)28-17)21-10-9-16-23-18(25-24-16)14-7-5-11-27-14/h5,7,11H,3-4,6,8-10,12H2,1-2H3,(H,20,21)(H,23,24,25). The molecule has 1 aliphatic carbocycles. The quantitative estimate of drug-likeness (QED) is 0.489. The molecule has 0 atom stereocenters. The second-order valence-electron chi connectivity index (χ2n) is 6.85. The molecule has 0 spiro atoms. The van der Waals surface area contributed by atoms with E-state index < -0.39 is 0 Å². The lowest BCUT2D eigenvalue weighted by atomic mass is 10.0. The number of thiazole rings is 1. The van der Waals surface area contributed by atoms with Gasteiger partial charge < -0.3 is 14.6 Å². The molecule has 0 fully saturated rings. The Hall–Kier alpha value is -2.68. The van der Waals surface area contributed by atoms with Crippen molar-refractivity contribution < 1.29 is 4.42 Å². The molecule has 0 bridgehead atoms. The average Bonchev–Trinajstić information content (AvgIpc) is 3.44. The topological polar surface area (TPSA) is 95.2 Å². The van der Waals surface area contributed by atoms with Crippen molar-refractivity contribution in [3.05, 3.63) is 39.8 Å². The number of rotatable bonds is 6. The van der Waals surface area contributed by atoms with E-state index in [9.17, 15) is 0 Å². The van der Waals surface area contributed by atoms with Crippen molar-refractivity contribution in [3.8, 4) is 11.6 Å². The second-order valence-corrected chi connectivity index (χ2v) is 8.02. The van der Waals surface area contributed by atoms with Crippen LogP contribution in [0.15, 0.2) is 27.8 Å². The Kier molecular flexibility index (Phi) is 5.70. The van der Waals surface area contributed by atoms with Crippen LogP contribution >= 0.6 is 11.3 Å². The molecule has 0 unspecified atom stereocenters. The molecule has 0 saturated heterocycles. The number of hydrogen-bond donors (Lipinski definition) is 2. The molecule has 2 N–H and O–H groups in total. The highest BCUT2D eigenvalue weighted by molar-refractivity contribution is 7.11. The molecule has 3 aromatic heterocycles. The number of nitrogens with one attached hydrogen (secondary N) is 2. The minimum atomic E-state index is 0.578. The van der Waals surface area contributed by atoms with E-state index in [4.69, 9.17) is 9.40 Å². The van der Waals surface area contributed by atoms with Gasteiger partial charge in [-0.15, -0.1) is 11.3 Å². The fraction of sp³-hybridized carbons (Fsp3) is 0.474. The Bertz CT molecular complexity index is 905. The number of aliphatic imine (C=N–C) groups is 1. The van der Waals surface area contributed by atoms with Crippen molar-refractivity contribution >= 4 is 17.3 Å². The lowest BCUT2D eigenvalue weighted by Gasteiger charge is -2.20. The molecule has 148 valence electrons. The maximum atomic E-state index is 5.32. The van der Waals surface area contributed by atoms with E-state index in [0.717, 1.165) is 29.8 Å². The van der Waals surface area contributed by atoms with Crippen molar-refractivity contribution in [2.75, 3.05) is 20.6 Å². The molecule has 1 aliphatic rings. The summed E-state index contributed by atoms with van der Waals surface area (Å²) in [7, 11) is 3.84. The van der Waals surface area contributed by atoms with Gasteiger partial charge in [-0.3, -0.25) is 10.1 Å². The summed E-state index contributed by atoms with van der Waals surface area (Å²) >= 11 is 1.85. The smallest absolute Gasteiger partial charge is 0.216 e. The third kappa shape index (κ3) is 4.24. The molecule has 0 radical (unpaired) electrons. The minimum Gasteiger partial charge on any atom is -0.461 e. The highest BCUT2D eigenvalue weighted by atomic mass is 32.1. The largest absolute Gasteiger partial charge is 0.461 e. The predicted octanol–water partition coefficient (Wildman–Crippen LogP) is 2.65. The van der Waals surface area contributed by atoms with E-state index >= 15 is 0 Å². The van der Waals surface area contributed by atoms with Gasteiger partial charge in [0.1, 0.15) is 10.8 Å². The van der Waals surface area contributed by atoms with Crippen LogP contribution in [0.4, 0.5) is 0 Å². The number of aryl methyl sites for hydroxylation is 2. The number of guanidine groups is 1. The van der Waals surface area contributed by atoms with Gasteiger partial charge in [0, 0.05) is 31.9 Å².